The predicted molar refractivity (Wildman–Crippen MR) is 84.2 cm³/mol. The van der Waals surface area contributed by atoms with Crippen LogP contribution in [0.5, 0.6) is 0 Å². The van der Waals surface area contributed by atoms with Crippen molar-refractivity contribution >= 4 is 22.8 Å². The Kier molecular flexibility index (Phi) is 2.57. The number of rotatable bonds is 2. The number of hydrogen-bond acceptors (Lipinski definition) is 5. The summed E-state index contributed by atoms with van der Waals surface area (Å²) in [5.74, 6) is -0.0217. The van der Waals surface area contributed by atoms with Crippen molar-refractivity contribution in [1.82, 2.24) is 20.3 Å². The van der Waals surface area contributed by atoms with E-state index in [9.17, 15) is 9.90 Å². The van der Waals surface area contributed by atoms with Crippen LogP contribution in [0.25, 0.3) is 11.0 Å². The van der Waals surface area contributed by atoms with E-state index in [1.54, 1.807) is 6.33 Å². The van der Waals surface area contributed by atoms with Crippen molar-refractivity contribution in [1.29, 1.82) is 0 Å². The number of anilines is 1. The maximum Gasteiger partial charge on any atom is 0.308 e. The first-order valence-corrected chi connectivity index (χ1v) is 8.23. The van der Waals surface area contributed by atoms with Crippen molar-refractivity contribution in [3.05, 3.63) is 18.6 Å². The van der Waals surface area contributed by atoms with Gasteiger partial charge in [0.1, 0.15) is 17.8 Å². The molecule has 4 unspecified atom stereocenters. The first-order chi connectivity index (χ1) is 11.2. The SMILES string of the molecule is O=C(O)C1CNC2CCC3N(c4ncnc5[nH]ccc45)CCC213. The lowest BCUT2D eigenvalue weighted by Gasteiger charge is -2.35. The van der Waals surface area contributed by atoms with Crippen LogP contribution >= 0.6 is 0 Å². The van der Waals surface area contributed by atoms with Gasteiger partial charge in [-0.1, -0.05) is 0 Å². The van der Waals surface area contributed by atoms with E-state index in [0.717, 1.165) is 42.7 Å². The normalized spacial score (nSPS) is 35.7. The van der Waals surface area contributed by atoms with Crippen LogP contribution in [0.4, 0.5) is 5.82 Å². The average Bonchev–Trinajstić information content (AvgIpc) is 3.25. The summed E-state index contributed by atoms with van der Waals surface area (Å²) in [6, 6.07) is 2.57. The number of fused-ring (bicyclic) bond motifs is 1. The van der Waals surface area contributed by atoms with Gasteiger partial charge >= 0.3 is 5.97 Å². The maximum atomic E-state index is 11.8. The Morgan fingerprint density at radius 3 is 3.17 bits per heavy atom. The Hall–Kier alpha value is -2.15. The summed E-state index contributed by atoms with van der Waals surface area (Å²) in [4.78, 5) is 26.1. The number of carbonyl (C=O) groups is 1. The van der Waals surface area contributed by atoms with Gasteiger partial charge in [0.15, 0.2) is 0 Å². The summed E-state index contributed by atoms with van der Waals surface area (Å²) < 4.78 is 0. The number of H-pyrrole nitrogens is 1. The Bertz CT molecular complexity index is 790. The van der Waals surface area contributed by atoms with Crippen LogP contribution in [0.3, 0.4) is 0 Å². The smallest absolute Gasteiger partial charge is 0.308 e. The second kappa shape index (κ2) is 4.44. The zero-order valence-electron chi connectivity index (χ0n) is 12.7. The molecular formula is C16H19N5O2. The van der Waals surface area contributed by atoms with Gasteiger partial charge in [0, 0.05) is 36.8 Å². The van der Waals surface area contributed by atoms with Crippen molar-refractivity contribution in [3.8, 4) is 0 Å². The molecule has 1 saturated carbocycles. The molecule has 3 fully saturated rings. The zero-order chi connectivity index (χ0) is 15.6. The minimum atomic E-state index is -0.664. The Labute approximate surface area is 133 Å². The summed E-state index contributed by atoms with van der Waals surface area (Å²) in [6.45, 7) is 1.46. The molecule has 4 atom stereocenters. The topological polar surface area (TPSA) is 94.1 Å². The van der Waals surface area contributed by atoms with Crippen LogP contribution < -0.4 is 10.2 Å². The van der Waals surface area contributed by atoms with E-state index in [4.69, 9.17) is 0 Å². The Morgan fingerprint density at radius 1 is 1.39 bits per heavy atom. The van der Waals surface area contributed by atoms with Crippen molar-refractivity contribution in [3.63, 3.8) is 0 Å². The van der Waals surface area contributed by atoms with E-state index in [1.165, 1.54) is 0 Å². The van der Waals surface area contributed by atoms with Gasteiger partial charge in [0.05, 0.1) is 11.3 Å². The standard InChI is InChI=1S/C16H19N5O2/c22-15(23)10-7-18-11-1-2-12-16(10,11)4-6-21(12)14-9-3-5-17-13(9)19-8-20-14/h3,5,8,10-12,18H,1-2,4,6-7H2,(H,22,23)(H,17,19,20). The van der Waals surface area contributed by atoms with E-state index in [0.29, 0.717) is 12.6 Å². The molecule has 0 amide bonds. The quantitative estimate of drug-likeness (QED) is 0.765. The number of aromatic nitrogens is 3. The number of nitrogens with one attached hydrogen (secondary N) is 2. The number of carboxylic acid groups (broad SMARTS) is 1. The van der Waals surface area contributed by atoms with Gasteiger partial charge in [0.2, 0.25) is 0 Å². The third kappa shape index (κ3) is 1.55. The Balaban J connectivity index is 1.60. The molecule has 0 aromatic carbocycles. The summed E-state index contributed by atoms with van der Waals surface area (Å²) in [5.41, 5.74) is 0.684. The largest absolute Gasteiger partial charge is 0.481 e. The molecule has 2 saturated heterocycles. The van der Waals surface area contributed by atoms with E-state index in [2.05, 4.69) is 25.2 Å². The third-order valence-electron chi connectivity index (χ3n) is 6.28. The van der Waals surface area contributed by atoms with Crippen molar-refractivity contribution in [2.24, 2.45) is 11.3 Å². The van der Waals surface area contributed by atoms with Crippen molar-refractivity contribution in [2.75, 3.05) is 18.0 Å². The van der Waals surface area contributed by atoms with Gasteiger partial charge in [-0.3, -0.25) is 4.79 Å². The molecule has 23 heavy (non-hydrogen) atoms. The molecule has 3 aliphatic rings. The van der Waals surface area contributed by atoms with Gasteiger partial charge in [-0.05, 0) is 25.3 Å². The van der Waals surface area contributed by atoms with E-state index in [1.807, 2.05) is 12.3 Å². The zero-order valence-corrected chi connectivity index (χ0v) is 12.7. The van der Waals surface area contributed by atoms with Crippen LogP contribution in [0.15, 0.2) is 18.6 Å². The van der Waals surface area contributed by atoms with Crippen LogP contribution in [0.2, 0.25) is 0 Å². The Morgan fingerprint density at radius 2 is 2.30 bits per heavy atom. The molecule has 2 aromatic heterocycles. The molecular weight excluding hydrogens is 294 g/mol. The molecule has 2 aliphatic heterocycles. The summed E-state index contributed by atoms with van der Waals surface area (Å²) in [6.07, 6.45) is 6.46. The fraction of sp³-hybridized carbons (Fsp3) is 0.562. The molecule has 7 heteroatoms. The lowest BCUT2D eigenvalue weighted by atomic mass is 9.71. The second-order valence-corrected chi connectivity index (χ2v) is 6.94. The molecule has 2 aromatic rings. The highest BCUT2D eigenvalue weighted by Crippen LogP contribution is 2.57. The molecule has 0 radical (unpaired) electrons. The van der Waals surface area contributed by atoms with E-state index in [-0.39, 0.29) is 17.4 Å². The lowest BCUT2D eigenvalue weighted by Crippen LogP contribution is -2.45. The monoisotopic (exact) mass is 313 g/mol. The van der Waals surface area contributed by atoms with Gasteiger partial charge in [0.25, 0.3) is 0 Å². The predicted octanol–water partition coefficient (Wildman–Crippen LogP) is 0.989. The molecule has 120 valence electrons. The van der Waals surface area contributed by atoms with Crippen molar-refractivity contribution < 1.29 is 9.90 Å². The minimum absolute atomic E-state index is 0.153. The third-order valence-corrected chi connectivity index (χ3v) is 6.28. The van der Waals surface area contributed by atoms with Crippen molar-refractivity contribution in [2.45, 2.75) is 31.3 Å². The molecule has 3 N–H and O–H groups in total. The number of carboxylic acids is 1. The summed E-state index contributed by atoms with van der Waals surface area (Å²) in [5, 5.41) is 14.2. The molecule has 0 bridgehead atoms. The summed E-state index contributed by atoms with van der Waals surface area (Å²) in [7, 11) is 0. The van der Waals surface area contributed by atoms with Crippen LogP contribution in [0.1, 0.15) is 19.3 Å². The first-order valence-electron chi connectivity index (χ1n) is 8.23. The van der Waals surface area contributed by atoms with Gasteiger partial charge in [-0.25, -0.2) is 9.97 Å². The fourth-order valence-corrected chi connectivity index (χ4v) is 5.40. The van der Waals surface area contributed by atoms with Gasteiger partial charge < -0.3 is 20.3 Å². The first kappa shape index (κ1) is 13.3. The summed E-state index contributed by atoms with van der Waals surface area (Å²) >= 11 is 0. The lowest BCUT2D eigenvalue weighted by molar-refractivity contribution is -0.144. The highest BCUT2D eigenvalue weighted by molar-refractivity contribution is 5.87. The molecule has 5 rings (SSSR count). The maximum absolute atomic E-state index is 11.8. The van der Waals surface area contributed by atoms with Crippen LogP contribution in [-0.2, 0) is 4.79 Å². The van der Waals surface area contributed by atoms with Gasteiger partial charge in [-0.15, -0.1) is 0 Å². The van der Waals surface area contributed by atoms with Gasteiger partial charge in [-0.2, -0.15) is 0 Å². The highest BCUT2D eigenvalue weighted by atomic mass is 16.4. The molecule has 7 nitrogen and oxygen atoms in total. The molecule has 1 spiro atoms. The second-order valence-electron chi connectivity index (χ2n) is 6.94. The minimum Gasteiger partial charge on any atom is -0.481 e. The highest BCUT2D eigenvalue weighted by Gasteiger charge is 2.64. The number of aromatic amines is 1. The fourth-order valence-electron chi connectivity index (χ4n) is 5.40. The van der Waals surface area contributed by atoms with E-state index < -0.39 is 5.97 Å². The molecule has 1 aliphatic carbocycles. The molecule has 4 heterocycles. The van der Waals surface area contributed by atoms with Crippen LogP contribution in [-0.4, -0.2) is 51.2 Å². The van der Waals surface area contributed by atoms with E-state index >= 15 is 0 Å². The number of nitrogens with zero attached hydrogens (tertiary/aromatic N) is 3. The van der Waals surface area contributed by atoms with Crippen LogP contribution in [0, 0.1) is 11.3 Å². The number of hydrogen-bond donors (Lipinski definition) is 3. The number of aliphatic carboxylic acids is 1. The average molecular weight is 313 g/mol.